The molecule has 0 radical (unpaired) electrons. The van der Waals surface area contributed by atoms with Crippen molar-refractivity contribution >= 4 is 5.97 Å². The van der Waals surface area contributed by atoms with E-state index in [4.69, 9.17) is 18.6 Å². The van der Waals surface area contributed by atoms with E-state index in [1.54, 1.807) is 6.07 Å². The number of fused-ring (bicyclic) bond motifs is 5. The number of ether oxygens (including phenoxy) is 3. The highest BCUT2D eigenvalue weighted by Gasteiger charge is 2.75. The first kappa shape index (κ1) is 31.8. The quantitative estimate of drug-likeness (QED) is 0.199. The summed E-state index contributed by atoms with van der Waals surface area (Å²) in [4.78, 5) is 24.0. The highest BCUT2D eigenvalue weighted by Crippen LogP contribution is 2.71. The van der Waals surface area contributed by atoms with E-state index in [9.17, 15) is 40.2 Å². The fraction of sp³-hybridized carbons (Fsp3) is 0.750. The average molecular weight is 621 g/mol. The van der Waals surface area contributed by atoms with Crippen LogP contribution in [-0.4, -0.2) is 97.3 Å². The molecule has 12 heteroatoms. The maximum atomic E-state index is 12.8. The van der Waals surface area contributed by atoms with E-state index in [-0.39, 0.29) is 18.3 Å². The second-order valence-electron chi connectivity index (χ2n) is 14.0. The molecule has 4 fully saturated rings. The van der Waals surface area contributed by atoms with Crippen LogP contribution in [0.4, 0.5) is 0 Å². The molecule has 1 aliphatic heterocycles. The lowest BCUT2D eigenvalue weighted by molar-refractivity contribution is -0.310. The van der Waals surface area contributed by atoms with Gasteiger partial charge in [-0.3, -0.25) is 4.79 Å². The summed E-state index contributed by atoms with van der Waals surface area (Å²) in [6, 6.07) is 3.10. The van der Waals surface area contributed by atoms with Gasteiger partial charge in [0, 0.05) is 24.8 Å². The lowest BCUT2D eigenvalue weighted by Gasteiger charge is -2.66. The number of carbonyl (C=O) groups is 1. The highest BCUT2D eigenvalue weighted by molar-refractivity contribution is 5.66. The first-order chi connectivity index (χ1) is 20.7. The zero-order valence-electron chi connectivity index (χ0n) is 25.3. The van der Waals surface area contributed by atoms with Crippen LogP contribution in [0.1, 0.15) is 77.2 Å². The summed E-state index contributed by atoms with van der Waals surface area (Å²) in [6.45, 7) is 4.74. The molecule has 244 valence electrons. The van der Waals surface area contributed by atoms with E-state index < -0.39 is 83.1 Å². The van der Waals surface area contributed by atoms with Crippen LogP contribution >= 0.6 is 0 Å². The average Bonchev–Trinajstić information content (AvgIpc) is 3.26. The zero-order valence-corrected chi connectivity index (χ0v) is 25.3. The molecule has 3 saturated carbocycles. The number of hydrogen-bond donors (Lipinski definition) is 6. The van der Waals surface area contributed by atoms with E-state index in [1.165, 1.54) is 19.3 Å². The van der Waals surface area contributed by atoms with Gasteiger partial charge in [-0.1, -0.05) is 19.9 Å². The van der Waals surface area contributed by atoms with Crippen molar-refractivity contribution in [1.82, 2.24) is 0 Å². The standard InChI is InChI=1S/C32H44O12/c1-16(34)42-21-13-31(39)23(8-10-30(3)19(7-11-32(30,31)40)17-4-5-24(35)41-15-17)29(2)9-6-18(12-20(21)29)43-28-27(38)26(37)25(36)22(14-33)44-28/h4-5,12,15,18-19,21-23,25-28,33,36-40H,6-11,13-14H2,1-3H3/t18-,19+,21+,22+,23+,25-,26-,27+,28+,29-,30-,31+,32+/m0/s1. The van der Waals surface area contributed by atoms with Crippen LogP contribution in [0.5, 0.6) is 0 Å². The van der Waals surface area contributed by atoms with Crippen LogP contribution < -0.4 is 5.63 Å². The van der Waals surface area contributed by atoms with Crippen LogP contribution in [0.15, 0.2) is 39.3 Å². The molecular weight excluding hydrogens is 576 g/mol. The van der Waals surface area contributed by atoms with Crippen molar-refractivity contribution in [3.8, 4) is 0 Å². The van der Waals surface area contributed by atoms with Crippen LogP contribution in [0.25, 0.3) is 0 Å². The fourth-order valence-corrected chi connectivity index (χ4v) is 9.64. The molecule has 4 aliphatic carbocycles. The number of aliphatic hydroxyl groups excluding tert-OH is 4. The van der Waals surface area contributed by atoms with Gasteiger partial charge in [-0.25, -0.2) is 4.79 Å². The minimum absolute atomic E-state index is 0.0197. The number of rotatable bonds is 5. The van der Waals surface area contributed by atoms with Crippen LogP contribution in [0.3, 0.4) is 0 Å². The summed E-state index contributed by atoms with van der Waals surface area (Å²) in [6.07, 6.45) is -2.23. The van der Waals surface area contributed by atoms with Gasteiger partial charge in [0.15, 0.2) is 6.29 Å². The molecule has 6 N–H and O–H groups in total. The van der Waals surface area contributed by atoms with E-state index in [1.807, 2.05) is 19.9 Å². The van der Waals surface area contributed by atoms with Gasteiger partial charge >= 0.3 is 11.6 Å². The number of hydrogen-bond acceptors (Lipinski definition) is 12. The van der Waals surface area contributed by atoms with Crippen LogP contribution in [0.2, 0.25) is 0 Å². The van der Waals surface area contributed by atoms with Crippen LogP contribution in [0, 0.1) is 16.7 Å². The molecule has 0 bridgehead atoms. The van der Waals surface area contributed by atoms with Gasteiger partial charge in [-0.15, -0.1) is 0 Å². The third-order valence-corrected chi connectivity index (χ3v) is 11.9. The van der Waals surface area contributed by atoms with E-state index in [0.29, 0.717) is 38.5 Å². The van der Waals surface area contributed by atoms with E-state index in [0.717, 1.165) is 11.1 Å². The monoisotopic (exact) mass is 620 g/mol. The predicted octanol–water partition coefficient (Wildman–Crippen LogP) is 0.643. The lowest BCUT2D eigenvalue weighted by atomic mass is 9.42. The van der Waals surface area contributed by atoms with Gasteiger partial charge in [0.05, 0.1) is 24.6 Å². The Kier molecular flexibility index (Phi) is 7.94. The minimum Gasteiger partial charge on any atom is -0.458 e. The van der Waals surface area contributed by atoms with Crippen molar-refractivity contribution in [2.45, 2.75) is 126 Å². The molecule has 1 aromatic heterocycles. The molecule has 6 rings (SSSR count). The van der Waals surface area contributed by atoms with Crippen molar-refractivity contribution in [2.24, 2.45) is 16.7 Å². The Bertz CT molecular complexity index is 1340. The molecule has 2 heterocycles. The maximum Gasteiger partial charge on any atom is 0.335 e. The second-order valence-corrected chi connectivity index (χ2v) is 14.0. The predicted molar refractivity (Wildman–Crippen MR) is 152 cm³/mol. The summed E-state index contributed by atoms with van der Waals surface area (Å²) < 4.78 is 22.6. The molecule has 1 saturated heterocycles. The van der Waals surface area contributed by atoms with Gasteiger partial charge in [0.2, 0.25) is 0 Å². The first-order valence-electron chi connectivity index (χ1n) is 15.6. The lowest BCUT2D eigenvalue weighted by Crippen LogP contribution is -2.73. The van der Waals surface area contributed by atoms with Crippen molar-refractivity contribution in [3.63, 3.8) is 0 Å². The van der Waals surface area contributed by atoms with Gasteiger partial charge in [-0.05, 0) is 73.0 Å². The Morgan fingerprint density at radius 3 is 2.43 bits per heavy atom. The Morgan fingerprint density at radius 1 is 1.02 bits per heavy atom. The van der Waals surface area contributed by atoms with Crippen LogP contribution in [-0.2, 0) is 19.0 Å². The molecule has 44 heavy (non-hydrogen) atoms. The molecule has 0 unspecified atom stereocenters. The molecule has 1 aromatic rings. The Hall–Kier alpha value is -2.16. The van der Waals surface area contributed by atoms with Crippen molar-refractivity contribution in [2.75, 3.05) is 6.61 Å². The van der Waals surface area contributed by atoms with Gasteiger partial charge in [0.25, 0.3) is 0 Å². The van der Waals surface area contributed by atoms with E-state index in [2.05, 4.69) is 0 Å². The molecule has 5 aliphatic rings. The van der Waals surface area contributed by atoms with Crippen molar-refractivity contribution in [3.05, 3.63) is 46.0 Å². The molecule has 13 atom stereocenters. The Morgan fingerprint density at radius 2 is 1.77 bits per heavy atom. The summed E-state index contributed by atoms with van der Waals surface area (Å²) in [5.74, 6) is -1.06. The Balaban J connectivity index is 1.33. The number of carbonyl (C=O) groups excluding carboxylic acids is 1. The molecular formula is C32H44O12. The van der Waals surface area contributed by atoms with Gasteiger partial charge < -0.3 is 49.3 Å². The smallest absolute Gasteiger partial charge is 0.335 e. The Labute approximate surface area is 255 Å². The highest BCUT2D eigenvalue weighted by atomic mass is 16.7. The largest absolute Gasteiger partial charge is 0.458 e. The fourth-order valence-electron chi connectivity index (χ4n) is 9.64. The number of esters is 1. The molecule has 0 aromatic carbocycles. The first-order valence-corrected chi connectivity index (χ1v) is 15.6. The third-order valence-electron chi connectivity index (χ3n) is 11.9. The molecule has 0 amide bonds. The topological polar surface area (TPSA) is 196 Å². The van der Waals surface area contributed by atoms with E-state index >= 15 is 0 Å². The van der Waals surface area contributed by atoms with Gasteiger partial charge in [-0.2, -0.15) is 0 Å². The SMILES string of the molecule is CC(=O)O[C@@H]1C[C@@]2(O)[C@H](CC[C@@]3(C)[C@@H](c4ccc(=O)oc4)CC[C@@]32O)[C@@]2(C)CC[C@H](O[C@@H]3O[C@H](CO)[C@H](O)[C@H](O)[C@H]3O)C=C12. The molecule has 0 spiro atoms. The number of aliphatic hydroxyl groups is 6. The van der Waals surface area contributed by atoms with Gasteiger partial charge in [0.1, 0.15) is 36.1 Å². The third kappa shape index (κ3) is 4.56. The second kappa shape index (κ2) is 11.0. The summed E-state index contributed by atoms with van der Waals surface area (Å²) in [7, 11) is 0. The molecule has 12 nitrogen and oxygen atoms in total. The summed E-state index contributed by atoms with van der Waals surface area (Å²) >= 11 is 0. The summed E-state index contributed by atoms with van der Waals surface area (Å²) in [5.41, 5.74) is -3.41. The van der Waals surface area contributed by atoms with Crippen molar-refractivity contribution < 1.29 is 54.1 Å². The van der Waals surface area contributed by atoms with Crippen molar-refractivity contribution in [1.29, 1.82) is 0 Å². The summed E-state index contributed by atoms with van der Waals surface area (Å²) in [5, 5.41) is 65.9. The normalized spacial score (nSPS) is 48.5. The minimum atomic E-state index is -1.60. The zero-order chi connectivity index (χ0) is 31.8. The maximum absolute atomic E-state index is 12.8.